The molecule has 3 heterocycles. The summed E-state index contributed by atoms with van der Waals surface area (Å²) in [5.41, 5.74) is 4.27. The Morgan fingerprint density at radius 2 is 1.68 bits per heavy atom. The van der Waals surface area contributed by atoms with Crippen molar-refractivity contribution in [1.82, 2.24) is 9.55 Å². The zero-order valence-corrected chi connectivity index (χ0v) is 24.8. The van der Waals surface area contributed by atoms with E-state index in [9.17, 15) is 14.4 Å². The van der Waals surface area contributed by atoms with E-state index in [1.807, 2.05) is 74.7 Å². The van der Waals surface area contributed by atoms with Crippen LogP contribution in [0.15, 0.2) is 65.0 Å². The fourth-order valence-electron chi connectivity index (χ4n) is 4.60. The van der Waals surface area contributed by atoms with Crippen LogP contribution in [0.2, 0.25) is 0 Å². The first-order valence-corrected chi connectivity index (χ1v) is 14.9. The van der Waals surface area contributed by atoms with Gasteiger partial charge in [-0.2, -0.15) is 0 Å². The van der Waals surface area contributed by atoms with Crippen molar-refractivity contribution in [2.24, 2.45) is 0 Å². The maximum absolute atomic E-state index is 13.6. The predicted molar refractivity (Wildman–Crippen MR) is 164 cm³/mol. The molecule has 41 heavy (non-hydrogen) atoms. The molecule has 5 aromatic rings. The average Bonchev–Trinajstić information content (AvgIpc) is 3.52. The molecule has 2 aromatic carbocycles. The average molecular weight is 588 g/mol. The highest BCUT2D eigenvalue weighted by Gasteiger charge is 2.24. The smallest absolute Gasteiger partial charge is 0.341 e. The van der Waals surface area contributed by atoms with Gasteiger partial charge in [0.05, 0.1) is 24.9 Å². The zero-order valence-electron chi connectivity index (χ0n) is 23.1. The van der Waals surface area contributed by atoms with Gasteiger partial charge in [-0.1, -0.05) is 42.0 Å². The molecule has 0 saturated heterocycles. The number of nitrogens with one attached hydrogen (secondary N) is 1. The topological polar surface area (TPSA) is 99.5 Å². The molecule has 0 aliphatic heterocycles. The fourth-order valence-corrected chi connectivity index (χ4v) is 6.58. The van der Waals surface area contributed by atoms with Crippen LogP contribution in [0, 0.1) is 13.8 Å². The second kappa shape index (κ2) is 12.1. The summed E-state index contributed by atoms with van der Waals surface area (Å²) in [4.78, 5) is 45.8. The molecule has 1 amide bonds. The van der Waals surface area contributed by atoms with Gasteiger partial charge in [0.25, 0.3) is 5.56 Å². The molecule has 0 saturated carbocycles. The molecule has 0 aliphatic carbocycles. The third-order valence-corrected chi connectivity index (χ3v) is 8.42. The van der Waals surface area contributed by atoms with E-state index >= 15 is 0 Å². The van der Waals surface area contributed by atoms with Crippen molar-refractivity contribution >= 4 is 49.8 Å². The van der Waals surface area contributed by atoms with Crippen molar-refractivity contribution in [1.29, 1.82) is 0 Å². The lowest BCUT2D eigenvalue weighted by Gasteiger charge is -2.10. The minimum Gasteiger partial charge on any atom is -0.494 e. The van der Waals surface area contributed by atoms with Crippen LogP contribution in [0.5, 0.6) is 5.75 Å². The molecular formula is C31H29N3O5S2. The highest BCUT2D eigenvalue weighted by atomic mass is 32.1. The van der Waals surface area contributed by atoms with E-state index < -0.39 is 11.9 Å². The number of hydrogen-bond acceptors (Lipinski definition) is 8. The number of carbonyl (C=O) groups excluding carboxylic acids is 2. The summed E-state index contributed by atoms with van der Waals surface area (Å²) in [6, 6.07) is 15.4. The SMILES string of the molecule is CCOC(=O)c1c(-c2ccc(C)cc2)csc1NC(=O)Cn1cnc2sc(C)c(-c3ccc(OCC)cc3)c2c1=O. The molecule has 0 radical (unpaired) electrons. The van der Waals surface area contributed by atoms with Crippen LogP contribution in [-0.2, 0) is 16.1 Å². The van der Waals surface area contributed by atoms with E-state index in [0.717, 1.165) is 32.9 Å². The number of ether oxygens (including phenoxy) is 2. The highest BCUT2D eigenvalue weighted by molar-refractivity contribution is 7.19. The van der Waals surface area contributed by atoms with Gasteiger partial charge in [0, 0.05) is 21.4 Å². The van der Waals surface area contributed by atoms with Crippen molar-refractivity contribution in [3.8, 4) is 28.0 Å². The summed E-state index contributed by atoms with van der Waals surface area (Å²) in [5, 5.41) is 5.49. The Morgan fingerprint density at radius 3 is 2.37 bits per heavy atom. The van der Waals surface area contributed by atoms with Gasteiger partial charge < -0.3 is 14.8 Å². The van der Waals surface area contributed by atoms with Gasteiger partial charge in [0.15, 0.2) is 0 Å². The first kappa shape index (κ1) is 28.3. The summed E-state index contributed by atoms with van der Waals surface area (Å²) < 4.78 is 12.1. The summed E-state index contributed by atoms with van der Waals surface area (Å²) in [7, 11) is 0. The Labute approximate surface area is 245 Å². The number of fused-ring (bicyclic) bond motifs is 1. The lowest BCUT2D eigenvalue weighted by molar-refractivity contribution is -0.116. The number of nitrogens with zero attached hydrogens (tertiary/aromatic N) is 2. The zero-order chi connectivity index (χ0) is 29.1. The molecule has 0 bridgehead atoms. The third-order valence-electron chi connectivity index (χ3n) is 6.51. The van der Waals surface area contributed by atoms with Gasteiger partial charge in [0.2, 0.25) is 5.91 Å². The van der Waals surface area contributed by atoms with Gasteiger partial charge >= 0.3 is 5.97 Å². The maximum atomic E-state index is 13.6. The lowest BCUT2D eigenvalue weighted by atomic mass is 10.0. The van der Waals surface area contributed by atoms with Crippen molar-refractivity contribution < 1.29 is 19.1 Å². The number of thiophene rings is 2. The second-order valence-corrected chi connectivity index (χ2v) is 11.4. The van der Waals surface area contributed by atoms with Gasteiger partial charge in [-0.05, 0) is 51.0 Å². The number of hydrogen-bond donors (Lipinski definition) is 1. The predicted octanol–water partition coefficient (Wildman–Crippen LogP) is 6.68. The number of rotatable bonds is 9. The summed E-state index contributed by atoms with van der Waals surface area (Å²) in [6.45, 7) is 8.10. The van der Waals surface area contributed by atoms with Crippen LogP contribution in [-0.4, -0.2) is 34.6 Å². The molecular weight excluding hydrogens is 558 g/mol. The van der Waals surface area contributed by atoms with Crippen molar-refractivity contribution in [2.75, 3.05) is 18.5 Å². The summed E-state index contributed by atoms with van der Waals surface area (Å²) in [5.74, 6) is -0.221. The number of amides is 1. The number of esters is 1. The van der Waals surface area contributed by atoms with Crippen LogP contribution in [0.3, 0.4) is 0 Å². The molecule has 0 fully saturated rings. The van der Waals surface area contributed by atoms with E-state index in [1.54, 1.807) is 6.92 Å². The van der Waals surface area contributed by atoms with E-state index in [1.165, 1.54) is 33.6 Å². The number of benzene rings is 2. The molecule has 0 spiro atoms. The van der Waals surface area contributed by atoms with Gasteiger partial charge in [-0.3, -0.25) is 14.2 Å². The van der Waals surface area contributed by atoms with Crippen LogP contribution in [0.25, 0.3) is 32.5 Å². The molecule has 8 nitrogen and oxygen atoms in total. The van der Waals surface area contributed by atoms with Crippen LogP contribution < -0.4 is 15.6 Å². The van der Waals surface area contributed by atoms with Gasteiger partial charge in [0.1, 0.15) is 27.7 Å². The standard InChI is InChI=1S/C31H29N3O5S2/c1-5-38-22-13-11-21(12-14-22)25-19(4)41-28-27(25)30(36)34(17-32-28)15-24(35)33-29-26(31(37)39-6-2)23(16-40-29)20-9-7-18(3)8-10-20/h7-14,16-17H,5-6,15H2,1-4H3,(H,33,35). The number of anilines is 1. The third kappa shape index (κ3) is 5.79. The second-order valence-electron chi connectivity index (χ2n) is 9.34. The van der Waals surface area contributed by atoms with E-state index in [0.29, 0.717) is 33.0 Å². The molecule has 10 heteroatoms. The fraction of sp³-hybridized carbons (Fsp3) is 0.226. The molecule has 5 rings (SSSR count). The number of aromatic nitrogens is 2. The lowest BCUT2D eigenvalue weighted by Crippen LogP contribution is -2.28. The first-order valence-electron chi connectivity index (χ1n) is 13.2. The monoisotopic (exact) mass is 587 g/mol. The Kier molecular flexibility index (Phi) is 8.32. The highest BCUT2D eigenvalue weighted by Crippen LogP contribution is 2.37. The van der Waals surface area contributed by atoms with Crippen LogP contribution >= 0.6 is 22.7 Å². The number of carbonyl (C=O) groups is 2. The molecule has 210 valence electrons. The Balaban J connectivity index is 1.45. The van der Waals surface area contributed by atoms with Crippen molar-refractivity contribution in [2.45, 2.75) is 34.2 Å². The van der Waals surface area contributed by atoms with E-state index in [4.69, 9.17) is 9.47 Å². The van der Waals surface area contributed by atoms with Gasteiger partial charge in [-0.15, -0.1) is 22.7 Å². The largest absolute Gasteiger partial charge is 0.494 e. The van der Waals surface area contributed by atoms with E-state index in [2.05, 4.69) is 10.3 Å². The minimum absolute atomic E-state index is 0.202. The quantitative estimate of drug-likeness (QED) is 0.193. The Bertz CT molecular complexity index is 1780. The Morgan fingerprint density at radius 1 is 0.976 bits per heavy atom. The van der Waals surface area contributed by atoms with E-state index in [-0.39, 0.29) is 18.7 Å². The van der Waals surface area contributed by atoms with Crippen LogP contribution in [0.1, 0.15) is 34.6 Å². The molecule has 0 aliphatic rings. The first-order chi connectivity index (χ1) is 19.8. The van der Waals surface area contributed by atoms with Gasteiger partial charge in [-0.25, -0.2) is 9.78 Å². The summed E-state index contributed by atoms with van der Waals surface area (Å²) >= 11 is 2.68. The van der Waals surface area contributed by atoms with Crippen molar-refractivity contribution in [3.63, 3.8) is 0 Å². The minimum atomic E-state index is -0.520. The summed E-state index contributed by atoms with van der Waals surface area (Å²) in [6.07, 6.45) is 1.39. The molecule has 3 aromatic heterocycles. The molecule has 0 atom stereocenters. The molecule has 0 unspecified atom stereocenters. The van der Waals surface area contributed by atoms with Crippen molar-refractivity contribution in [3.05, 3.63) is 86.6 Å². The molecule has 1 N–H and O–H groups in total. The normalized spacial score (nSPS) is 11.0. The maximum Gasteiger partial charge on any atom is 0.341 e. The Hall–Kier alpha value is -4.28. The number of aryl methyl sites for hydroxylation is 2. The van der Waals surface area contributed by atoms with Crippen LogP contribution in [0.4, 0.5) is 5.00 Å².